The summed E-state index contributed by atoms with van der Waals surface area (Å²) in [6.07, 6.45) is 3.30. The van der Waals surface area contributed by atoms with Crippen LogP contribution in [0.4, 0.5) is 4.79 Å². The number of carbonyl (C=O) groups is 3. The first-order chi connectivity index (χ1) is 16.9. The van der Waals surface area contributed by atoms with Crippen LogP contribution in [-0.2, 0) is 14.3 Å². The first-order valence-corrected chi connectivity index (χ1v) is 12.5. The number of carboxylic acid groups (broad SMARTS) is 1. The van der Waals surface area contributed by atoms with E-state index in [1.165, 1.54) is 16.0 Å². The van der Waals surface area contributed by atoms with Crippen molar-refractivity contribution in [2.24, 2.45) is 11.8 Å². The van der Waals surface area contributed by atoms with Gasteiger partial charge in [0.2, 0.25) is 5.91 Å². The van der Waals surface area contributed by atoms with Crippen LogP contribution in [0.1, 0.15) is 56.1 Å². The van der Waals surface area contributed by atoms with E-state index >= 15 is 0 Å². The van der Waals surface area contributed by atoms with Gasteiger partial charge >= 0.3 is 12.1 Å². The molecule has 2 aromatic carbocycles. The zero-order chi connectivity index (χ0) is 24.9. The Morgan fingerprint density at radius 2 is 1.63 bits per heavy atom. The zero-order valence-corrected chi connectivity index (χ0v) is 20.4. The quantitative estimate of drug-likeness (QED) is 0.576. The van der Waals surface area contributed by atoms with Gasteiger partial charge in [0.1, 0.15) is 12.6 Å². The van der Waals surface area contributed by atoms with E-state index in [9.17, 15) is 19.5 Å². The standard InChI is InChI=1S/C28H34N2O5/c1-3-25(27(32)33)30(2)26(31)19-11-5-4-10-18(19)16-29-28(34)35-17-24-22-14-8-6-12-20(22)21-13-7-9-15-23(21)24/h6-9,12-15,18-19,24-25H,3-5,10-11,16-17H2,1-2H3,(H,29,34)(H,32,33). The van der Waals surface area contributed by atoms with Crippen LogP contribution >= 0.6 is 0 Å². The summed E-state index contributed by atoms with van der Waals surface area (Å²) >= 11 is 0. The molecule has 1 saturated carbocycles. The molecular formula is C28H34N2O5. The molecule has 1 fully saturated rings. The van der Waals surface area contributed by atoms with Gasteiger partial charge in [0.05, 0.1) is 0 Å². The number of fused-ring (bicyclic) bond motifs is 3. The Balaban J connectivity index is 1.35. The van der Waals surface area contributed by atoms with Crippen molar-refractivity contribution in [1.82, 2.24) is 10.2 Å². The van der Waals surface area contributed by atoms with Crippen molar-refractivity contribution < 1.29 is 24.2 Å². The molecule has 7 nitrogen and oxygen atoms in total. The number of aliphatic carboxylic acids is 1. The van der Waals surface area contributed by atoms with E-state index in [2.05, 4.69) is 29.6 Å². The van der Waals surface area contributed by atoms with Gasteiger partial charge in [0, 0.05) is 25.4 Å². The number of nitrogens with zero attached hydrogens (tertiary/aromatic N) is 1. The second-order valence-corrected chi connectivity index (χ2v) is 9.57. The molecule has 0 radical (unpaired) electrons. The number of amides is 2. The monoisotopic (exact) mass is 478 g/mol. The van der Waals surface area contributed by atoms with Crippen molar-refractivity contribution in [3.63, 3.8) is 0 Å². The molecule has 0 aromatic heterocycles. The predicted octanol–water partition coefficient (Wildman–Crippen LogP) is 4.65. The molecule has 4 rings (SSSR count). The lowest BCUT2D eigenvalue weighted by molar-refractivity contribution is -0.152. The van der Waals surface area contributed by atoms with E-state index < -0.39 is 18.1 Å². The van der Waals surface area contributed by atoms with Crippen LogP contribution in [0.2, 0.25) is 0 Å². The van der Waals surface area contributed by atoms with Crippen LogP contribution in [-0.4, -0.2) is 54.2 Å². The van der Waals surface area contributed by atoms with Crippen LogP contribution in [0.25, 0.3) is 11.1 Å². The third-order valence-corrected chi connectivity index (χ3v) is 7.57. The predicted molar refractivity (Wildman–Crippen MR) is 133 cm³/mol. The molecule has 3 unspecified atom stereocenters. The number of likely N-dealkylation sites (N-methyl/N-ethyl adjacent to an activating group) is 1. The molecular weight excluding hydrogens is 444 g/mol. The van der Waals surface area contributed by atoms with Gasteiger partial charge in [0.15, 0.2) is 0 Å². The summed E-state index contributed by atoms with van der Waals surface area (Å²) in [6.45, 7) is 2.34. The molecule has 0 saturated heterocycles. The van der Waals surface area contributed by atoms with Crippen LogP contribution in [0.5, 0.6) is 0 Å². The van der Waals surface area contributed by atoms with E-state index in [0.29, 0.717) is 19.4 Å². The van der Waals surface area contributed by atoms with Gasteiger partial charge in [-0.25, -0.2) is 9.59 Å². The van der Waals surface area contributed by atoms with Gasteiger partial charge < -0.3 is 20.1 Å². The molecule has 2 N–H and O–H groups in total. The number of hydrogen-bond acceptors (Lipinski definition) is 4. The van der Waals surface area contributed by atoms with Crippen LogP contribution in [0, 0.1) is 11.8 Å². The molecule has 35 heavy (non-hydrogen) atoms. The normalized spacial score (nSPS) is 19.8. The molecule has 3 atom stereocenters. The Labute approximate surface area is 206 Å². The van der Waals surface area contributed by atoms with Crippen molar-refractivity contribution in [2.45, 2.75) is 51.0 Å². The number of carbonyl (C=O) groups excluding carboxylic acids is 2. The molecule has 2 aliphatic carbocycles. The maximum absolute atomic E-state index is 13.1. The molecule has 7 heteroatoms. The third kappa shape index (κ3) is 5.19. The van der Waals surface area contributed by atoms with Gasteiger partial charge in [-0.15, -0.1) is 0 Å². The summed E-state index contributed by atoms with van der Waals surface area (Å²) in [6, 6.07) is 15.6. The highest BCUT2D eigenvalue weighted by molar-refractivity contribution is 5.85. The van der Waals surface area contributed by atoms with E-state index in [0.717, 1.165) is 30.4 Å². The van der Waals surface area contributed by atoms with Crippen molar-refractivity contribution in [1.29, 1.82) is 0 Å². The van der Waals surface area contributed by atoms with Gasteiger partial charge in [-0.05, 0) is 47.4 Å². The van der Waals surface area contributed by atoms with E-state index in [1.807, 2.05) is 24.3 Å². The highest BCUT2D eigenvalue weighted by atomic mass is 16.5. The number of nitrogens with one attached hydrogen (secondary N) is 1. The number of alkyl carbamates (subject to hydrolysis) is 1. The van der Waals surface area contributed by atoms with Gasteiger partial charge in [-0.3, -0.25) is 4.79 Å². The maximum atomic E-state index is 13.1. The second-order valence-electron chi connectivity index (χ2n) is 9.57. The fourth-order valence-electron chi connectivity index (χ4n) is 5.67. The molecule has 0 heterocycles. The van der Waals surface area contributed by atoms with Gasteiger partial charge in [-0.2, -0.15) is 0 Å². The summed E-state index contributed by atoms with van der Waals surface area (Å²) in [7, 11) is 1.56. The van der Waals surface area contributed by atoms with Crippen molar-refractivity contribution in [2.75, 3.05) is 20.2 Å². The minimum absolute atomic E-state index is 0.00666. The minimum atomic E-state index is -0.993. The fraction of sp³-hybridized carbons (Fsp3) is 0.464. The number of rotatable bonds is 8. The lowest BCUT2D eigenvalue weighted by atomic mass is 9.78. The Kier molecular flexibility index (Phi) is 7.73. The average Bonchev–Trinajstić information content (AvgIpc) is 3.19. The molecule has 186 valence electrons. The molecule has 2 aliphatic rings. The molecule has 0 aliphatic heterocycles. The number of benzene rings is 2. The Morgan fingerprint density at radius 1 is 1.03 bits per heavy atom. The lowest BCUT2D eigenvalue weighted by Gasteiger charge is -2.35. The van der Waals surface area contributed by atoms with Crippen LogP contribution in [0.3, 0.4) is 0 Å². The molecule has 0 spiro atoms. The Bertz CT molecular complexity index is 1040. The smallest absolute Gasteiger partial charge is 0.407 e. The SMILES string of the molecule is CCC(C(=O)O)N(C)C(=O)C1CCCCC1CNC(=O)OCC1c2ccccc2-c2ccccc21. The largest absolute Gasteiger partial charge is 0.480 e. The zero-order valence-electron chi connectivity index (χ0n) is 20.4. The summed E-state index contributed by atoms with van der Waals surface area (Å²) < 4.78 is 5.64. The first-order valence-electron chi connectivity index (χ1n) is 12.5. The van der Waals surface area contributed by atoms with Crippen molar-refractivity contribution in [3.8, 4) is 11.1 Å². The van der Waals surface area contributed by atoms with Crippen LogP contribution < -0.4 is 5.32 Å². The van der Waals surface area contributed by atoms with Gasteiger partial charge in [0.25, 0.3) is 0 Å². The maximum Gasteiger partial charge on any atom is 0.407 e. The van der Waals surface area contributed by atoms with Gasteiger partial charge in [-0.1, -0.05) is 68.3 Å². The van der Waals surface area contributed by atoms with Crippen LogP contribution in [0.15, 0.2) is 48.5 Å². The van der Waals surface area contributed by atoms with E-state index in [4.69, 9.17) is 4.74 Å². The first kappa shape index (κ1) is 24.8. The summed E-state index contributed by atoms with van der Waals surface area (Å²) in [5, 5.41) is 12.3. The number of carboxylic acids is 1. The highest BCUT2D eigenvalue weighted by Gasteiger charge is 2.36. The highest BCUT2D eigenvalue weighted by Crippen LogP contribution is 2.44. The lowest BCUT2D eigenvalue weighted by Crippen LogP contribution is -2.48. The third-order valence-electron chi connectivity index (χ3n) is 7.57. The fourth-order valence-corrected chi connectivity index (χ4v) is 5.67. The number of hydrogen-bond donors (Lipinski definition) is 2. The Hall–Kier alpha value is -3.35. The number of ether oxygens (including phenoxy) is 1. The van der Waals surface area contributed by atoms with Crippen molar-refractivity contribution >= 4 is 18.0 Å². The topological polar surface area (TPSA) is 95.9 Å². The van der Waals surface area contributed by atoms with E-state index in [1.54, 1.807) is 14.0 Å². The van der Waals surface area contributed by atoms with Crippen molar-refractivity contribution in [3.05, 3.63) is 59.7 Å². The average molecular weight is 479 g/mol. The molecule has 2 amide bonds. The molecule has 2 aromatic rings. The molecule has 0 bridgehead atoms. The summed E-state index contributed by atoms with van der Waals surface area (Å²) in [5.74, 6) is -1.49. The summed E-state index contributed by atoms with van der Waals surface area (Å²) in [5.41, 5.74) is 4.67. The second kappa shape index (κ2) is 10.9. The minimum Gasteiger partial charge on any atom is -0.480 e. The summed E-state index contributed by atoms with van der Waals surface area (Å²) in [4.78, 5) is 38.6. The Morgan fingerprint density at radius 3 is 2.23 bits per heavy atom. The van der Waals surface area contributed by atoms with E-state index in [-0.39, 0.29) is 30.3 Å².